The van der Waals surface area contributed by atoms with Crippen molar-refractivity contribution in [3.63, 3.8) is 0 Å². The molecule has 0 atom stereocenters. The van der Waals surface area contributed by atoms with Crippen molar-refractivity contribution in [1.82, 2.24) is 0 Å². The van der Waals surface area contributed by atoms with Gasteiger partial charge in [0.2, 0.25) is 0 Å². The van der Waals surface area contributed by atoms with Crippen LogP contribution in [0.1, 0.15) is 15.9 Å². The summed E-state index contributed by atoms with van der Waals surface area (Å²) in [6.45, 7) is -0.326. The van der Waals surface area contributed by atoms with Crippen LogP contribution in [0.15, 0.2) is 30.3 Å². The first-order valence-electron chi connectivity index (χ1n) is 5.74. The Labute approximate surface area is 135 Å². The van der Waals surface area contributed by atoms with E-state index >= 15 is 0 Å². The van der Waals surface area contributed by atoms with Crippen LogP contribution in [0.4, 0.5) is 10.1 Å². The molecule has 0 aliphatic heterocycles. The summed E-state index contributed by atoms with van der Waals surface area (Å²) >= 11 is 17.6. The lowest BCUT2D eigenvalue weighted by molar-refractivity contribution is 0.0469. The lowest BCUT2D eigenvalue weighted by Gasteiger charge is -2.10. The zero-order chi connectivity index (χ0) is 15.6. The van der Waals surface area contributed by atoms with Gasteiger partial charge in [-0.25, -0.2) is 9.18 Å². The minimum Gasteiger partial charge on any atom is -0.457 e. The van der Waals surface area contributed by atoms with Gasteiger partial charge < -0.3 is 10.5 Å². The van der Waals surface area contributed by atoms with Crippen molar-refractivity contribution in [3.05, 3.63) is 62.3 Å². The van der Waals surface area contributed by atoms with E-state index in [4.69, 9.17) is 45.3 Å². The number of nitrogen functional groups attached to an aromatic ring is 1. The van der Waals surface area contributed by atoms with Crippen molar-refractivity contribution in [2.45, 2.75) is 6.61 Å². The molecule has 0 aromatic heterocycles. The van der Waals surface area contributed by atoms with Gasteiger partial charge in [-0.15, -0.1) is 0 Å². The summed E-state index contributed by atoms with van der Waals surface area (Å²) < 4.78 is 18.6. The monoisotopic (exact) mass is 347 g/mol. The molecular weight excluding hydrogens is 340 g/mol. The second-order valence-corrected chi connectivity index (χ2v) is 5.33. The van der Waals surface area contributed by atoms with Gasteiger partial charge in [0.25, 0.3) is 0 Å². The van der Waals surface area contributed by atoms with Crippen molar-refractivity contribution in [2.24, 2.45) is 0 Å². The van der Waals surface area contributed by atoms with Crippen LogP contribution in [-0.2, 0) is 11.3 Å². The van der Waals surface area contributed by atoms with Crippen LogP contribution in [0.2, 0.25) is 15.1 Å². The summed E-state index contributed by atoms with van der Waals surface area (Å²) in [6.07, 6.45) is 0. The molecule has 0 bridgehead atoms. The van der Waals surface area contributed by atoms with E-state index in [9.17, 15) is 9.18 Å². The minimum atomic E-state index is -0.770. The zero-order valence-corrected chi connectivity index (χ0v) is 12.8. The van der Waals surface area contributed by atoms with Crippen molar-refractivity contribution < 1.29 is 13.9 Å². The fraction of sp³-hybridized carbons (Fsp3) is 0.0714. The first-order valence-corrected chi connectivity index (χ1v) is 6.88. The highest BCUT2D eigenvalue weighted by atomic mass is 35.5. The van der Waals surface area contributed by atoms with E-state index in [-0.39, 0.29) is 38.5 Å². The molecule has 2 N–H and O–H groups in total. The number of esters is 1. The number of carbonyl (C=O) groups is 1. The third kappa shape index (κ3) is 3.59. The van der Waals surface area contributed by atoms with Crippen LogP contribution < -0.4 is 5.73 Å². The maximum atomic E-state index is 13.6. The number of hydrogen-bond donors (Lipinski definition) is 1. The molecule has 21 heavy (non-hydrogen) atoms. The molecule has 0 amide bonds. The molecule has 0 saturated heterocycles. The molecule has 0 heterocycles. The number of anilines is 1. The van der Waals surface area contributed by atoms with E-state index in [0.29, 0.717) is 0 Å². The number of ether oxygens (including phenoxy) is 1. The normalized spacial score (nSPS) is 10.5. The topological polar surface area (TPSA) is 52.3 Å². The Bertz CT molecular complexity index is 687. The van der Waals surface area contributed by atoms with Gasteiger partial charge >= 0.3 is 5.97 Å². The molecule has 110 valence electrons. The molecule has 7 heteroatoms. The molecule has 3 nitrogen and oxygen atoms in total. The number of rotatable bonds is 3. The SMILES string of the molecule is Nc1cc(Cl)c(Cl)c(C(=O)OCc2c(F)cccc2Cl)c1. The van der Waals surface area contributed by atoms with Gasteiger partial charge in [-0.1, -0.05) is 40.9 Å². The summed E-state index contributed by atoms with van der Waals surface area (Å²) in [5.74, 6) is -1.33. The number of benzene rings is 2. The summed E-state index contributed by atoms with van der Waals surface area (Å²) in [5.41, 5.74) is 5.94. The van der Waals surface area contributed by atoms with Crippen molar-refractivity contribution in [3.8, 4) is 0 Å². The van der Waals surface area contributed by atoms with E-state index in [1.54, 1.807) is 0 Å². The second-order valence-electron chi connectivity index (χ2n) is 4.14. The summed E-state index contributed by atoms with van der Waals surface area (Å²) in [4.78, 5) is 12.0. The highest BCUT2D eigenvalue weighted by Crippen LogP contribution is 2.29. The highest BCUT2D eigenvalue weighted by Gasteiger charge is 2.17. The van der Waals surface area contributed by atoms with Crippen molar-refractivity contribution in [1.29, 1.82) is 0 Å². The molecule has 0 unspecified atom stereocenters. The molecular formula is C14H9Cl3FNO2. The maximum Gasteiger partial charge on any atom is 0.340 e. The van der Waals surface area contributed by atoms with Gasteiger partial charge in [-0.05, 0) is 24.3 Å². The summed E-state index contributed by atoms with van der Waals surface area (Å²) in [5, 5.41) is 0.322. The molecule has 0 saturated carbocycles. The van der Waals surface area contributed by atoms with Crippen LogP contribution in [0.25, 0.3) is 0 Å². The first-order chi connectivity index (χ1) is 9.90. The summed E-state index contributed by atoms with van der Waals surface area (Å²) in [6, 6.07) is 6.92. The summed E-state index contributed by atoms with van der Waals surface area (Å²) in [7, 11) is 0. The van der Waals surface area contributed by atoms with Crippen LogP contribution >= 0.6 is 34.8 Å². The molecule has 0 spiro atoms. The molecule has 2 aromatic carbocycles. The van der Waals surface area contributed by atoms with E-state index in [1.807, 2.05) is 0 Å². The van der Waals surface area contributed by atoms with Gasteiger partial charge in [0.05, 0.1) is 20.6 Å². The fourth-order valence-electron chi connectivity index (χ4n) is 1.64. The second kappa shape index (κ2) is 6.52. The minimum absolute atomic E-state index is 0.00845. The zero-order valence-electron chi connectivity index (χ0n) is 10.5. The van der Waals surface area contributed by atoms with E-state index in [0.717, 1.165) is 0 Å². The Balaban J connectivity index is 2.20. The van der Waals surface area contributed by atoms with Crippen LogP contribution in [0.5, 0.6) is 0 Å². The fourth-order valence-corrected chi connectivity index (χ4v) is 2.28. The number of carbonyl (C=O) groups excluding carboxylic acids is 1. The van der Waals surface area contributed by atoms with Gasteiger partial charge in [0, 0.05) is 11.3 Å². The molecule has 0 radical (unpaired) electrons. The average Bonchev–Trinajstić information content (AvgIpc) is 2.42. The van der Waals surface area contributed by atoms with Crippen LogP contribution in [-0.4, -0.2) is 5.97 Å². The number of halogens is 4. The standard InChI is InChI=1S/C14H9Cl3FNO2/c15-10-2-1-3-12(18)9(10)6-21-14(20)8-4-7(19)5-11(16)13(8)17/h1-5H,6,19H2. The Morgan fingerprint density at radius 2 is 1.90 bits per heavy atom. The van der Waals surface area contributed by atoms with Gasteiger partial charge in [0.15, 0.2) is 0 Å². The largest absolute Gasteiger partial charge is 0.457 e. The maximum absolute atomic E-state index is 13.6. The first kappa shape index (κ1) is 15.9. The average molecular weight is 349 g/mol. The third-order valence-corrected chi connectivity index (χ3v) is 3.84. The lowest BCUT2D eigenvalue weighted by atomic mass is 10.2. The molecule has 2 rings (SSSR count). The lowest BCUT2D eigenvalue weighted by Crippen LogP contribution is -2.08. The quantitative estimate of drug-likeness (QED) is 0.644. The predicted octanol–water partition coefficient (Wildman–Crippen LogP) is 4.73. The Morgan fingerprint density at radius 3 is 2.57 bits per heavy atom. The molecule has 2 aromatic rings. The van der Waals surface area contributed by atoms with E-state index in [2.05, 4.69) is 0 Å². The van der Waals surface area contributed by atoms with Gasteiger partial charge in [-0.2, -0.15) is 0 Å². The van der Waals surface area contributed by atoms with Gasteiger partial charge in [-0.3, -0.25) is 0 Å². The Morgan fingerprint density at radius 1 is 1.19 bits per heavy atom. The molecule has 0 aliphatic carbocycles. The van der Waals surface area contributed by atoms with Crippen LogP contribution in [0, 0.1) is 5.82 Å². The molecule has 0 fully saturated rings. The third-order valence-electron chi connectivity index (χ3n) is 2.68. The van der Waals surface area contributed by atoms with Gasteiger partial charge in [0.1, 0.15) is 12.4 Å². The van der Waals surface area contributed by atoms with E-state index in [1.165, 1.54) is 30.3 Å². The van der Waals surface area contributed by atoms with Crippen molar-refractivity contribution >= 4 is 46.5 Å². The van der Waals surface area contributed by atoms with E-state index < -0.39 is 11.8 Å². The Hall–Kier alpha value is -1.49. The number of nitrogens with two attached hydrogens (primary N) is 1. The highest BCUT2D eigenvalue weighted by molar-refractivity contribution is 6.44. The smallest absolute Gasteiger partial charge is 0.340 e. The Kier molecular flexibility index (Phi) is 4.93. The predicted molar refractivity (Wildman–Crippen MR) is 81.4 cm³/mol. The van der Waals surface area contributed by atoms with Crippen LogP contribution in [0.3, 0.4) is 0 Å². The van der Waals surface area contributed by atoms with Crippen molar-refractivity contribution in [2.75, 3.05) is 5.73 Å². The molecule has 0 aliphatic rings. The number of hydrogen-bond acceptors (Lipinski definition) is 3.